The Bertz CT molecular complexity index is 954. The Morgan fingerprint density at radius 1 is 1.00 bits per heavy atom. The van der Waals surface area contributed by atoms with Gasteiger partial charge in [-0.3, -0.25) is 0 Å². The van der Waals surface area contributed by atoms with Gasteiger partial charge in [-0.2, -0.15) is 0 Å². The summed E-state index contributed by atoms with van der Waals surface area (Å²) in [6.45, 7) is 13.4. The van der Waals surface area contributed by atoms with Crippen molar-refractivity contribution >= 4 is 12.1 Å². The SMILES string of the molecule is CCOC(Cc1ccc(OCCN(CC(C)C)C(=O)Oc2cc(C)c(C)cc2C)cc1)C(=O)O. The standard InChI is InChI=1S/C27H37NO6/c1-7-32-25(26(29)30)16-22-8-10-23(11-9-22)33-13-12-28(17-18(2)3)27(31)34-24-15-20(5)19(4)14-21(24)6/h8-11,14-15,18,25H,7,12-13,16-17H2,1-6H3,(H,29,30). The van der Waals surface area contributed by atoms with E-state index >= 15 is 0 Å². The molecule has 2 rings (SSSR count). The van der Waals surface area contributed by atoms with Crippen LogP contribution in [-0.4, -0.2) is 54.5 Å². The molecule has 0 saturated carbocycles. The summed E-state index contributed by atoms with van der Waals surface area (Å²) in [5, 5.41) is 9.24. The Kier molecular flexibility index (Phi) is 10.4. The second-order valence-electron chi connectivity index (χ2n) is 8.89. The topological polar surface area (TPSA) is 85.3 Å². The molecule has 1 atom stereocenters. The molecule has 0 aliphatic rings. The number of aliphatic carboxylic acids is 1. The molecule has 0 aliphatic carbocycles. The average molecular weight is 472 g/mol. The summed E-state index contributed by atoms with van der Waals surface area (Å²) >= 11 is 0. The predicted molar refractivity (Wildman–Crippen MR) is 132 cm³/mol. The fourth-order valence-electron chi connectivity index (χ4n) is 3.53. The van der Waals surface area contributed by atoms with Gasteiger partial charge >= 0.3 is 12.1 Å². The fraction of sp³-hybridized carbons (Fsp3) is 0.481. The quantitative estimate of drug-likeness (QED) is 0.459. The zero-order valence-electron chi connectivity index (χ0n) is 21.1. The van der Waals surface area contributed by atoms with Gasteiger partial charge in [0.15, 0.2) is 6.10 Å². The number of carboxylic acids is 1. The van der Waals surface area contributed by atoms with Crippen LogP contribution in [0.15, 0.2) is 36.4 Å². The molecule has 34 heavy (non-hydrogen) atoms. The summed E-state index contributed by atoms with van der Waals surface area (Å²) < 4.78 is 16.8. The maximum Gasteiger partial charge on any atom is 0.415 e. The molecule has 186 valence electrons. The number of aryl methyl sites for hydroxylation is 3. The van der Waals surface area contributed by atoms with E-state index in [1.54, 1.807) is 24.0 Å². The van der Waals surface area contributed by atoms with E-state index in [0.717, 1.165) is 22.3 Å². The van der Waals surface area contributed by atoms with Crippen molar-refractivity contribution in [2.75, 3.05) is 26.3 Å². The number of nitrogens with zero attached hydrogens (tertiary/aromatic N) is 1. The number of amides is 1. The molecule has 1 amide bonds. The third-order valence-corrected chi connectivity index (χ3v) is 5.45. The van der Waals surface area contributed by atoms with Crippen molar-refractivity contribution in [2.45, 2.75) is 54.1 Å². The molecule has 0 aromatic heterocycles. The van der Waals surface area contributed by atoms with E-state index in [4.69, 9.17) is 14.2 Å². The lowest BCUT2D eigenvalue weighted by Crippen LogP contribution is -2.39. The highest BCUT2D eigenvalue weighted by molar-refractivity contribution is 5.73. The highest BCUT2D eigenvalue weighted by atomic mass is 16.6. The highest BCUT2D eigenvalue weighted by Gasteiger charge is 2.20. The Hall–Kier alpha value is -3.06. The van der Waals surface area contributed by atoms with Crippen molar-refractivity contribution in [1.29, 1.82) is 0 Å². The Morgan fingerprint density at radius 3 is 2.24 bits per heavy atom. The lowest BCUT2D eigenvalue weighted by Gasteiger charge is -2.24. The highest BCUT2D eigenvalue weighted by Crippen LogP contribution is 2.23. The van der Waals surface area contributed by atoms with E-state index in [1.165, 1.54) is 0 Å². The number of rotatable bonds is 12. The van der Waals surface area contributed by atoms with Crippen molar-refractivity contribution in [3.63, 3.8) is 0 Å². The number of carbonyl (C=O) groups is 2. The van der Waals surface area contributed by atoms with Crippen LogP contribution >= 0.6 is 0 Å². The van der Waals surface area contributed by atoms with Crippen molar-refractivity contribution in [3.8, 4) is 11.5 Å². The molecular formula is C27H37NO6. The summed E-state index contributed by atoms with van der Waals surface area (Å²) in [5.41, 5.74) is 4.01. The molecule has 7 heteroatoms. The minimum absolute atomic E-state index is 0.278. The molecule has 1 N–H and O–H groups in total. The van der Waals surface area contributed by atoms with Gasteiger partial charge in [0.25, 0.3) is 0 Å². The first-order valence-corrected chi connectivity index (χ1v) is 11.7. The van der Waals surface area contributed by atoms with Gasteiger partial charge in [-0.15, -0.1) is 0 Å². The summed E-state index contributed by atoms with van der Waals surface area (Å²) in [7, 11) is 0. The van der Waals surface area contributed by atoms with Crippen molar-refractivity contribution in [3.05, 3.63) is 58.7 Å². The largest absolute Gasteiger partial charge is 0.492 e. The molecule has 2 aromatic rings. The molecule has 2 aromatic carbocycles. The van der Waals surface area contributed by atoms with Crippen molar-refractivity contribution in [1.82, 2.24) is 4.90 Å². The van der Waals surface area contributed by atoms with Gasteiger partial charge in [0.1, 0.15) is 18.1 Å². The Morgan fingerprint density at radius 2 is 1.65 bits per heavy atom. The zero-order valence-corrected chi connectivity index (χ0v) is 21.1. The van der Waals surface area contributed by atoms with Gasteiger partial charge in [0.05, 0.1) is 6.54 Å². The zero-order chi connectivity index (χ0) is 25.3. The summed E-state index contributed by atoms with van der Waals surface area (Å²) in [4.78, 5) is 25.8. The molecule has 0 heterocycles. The molecule has 0 radical (unpaired) electrons. The van der Waals surface area contributed by atoms with Crippen LogP contribution in [0.25, 0.3) is 0 Å². The third-order valence-electron chi connectivity index (χ3n) is 5.45. The molecule has 0 bridgehead atoms. The van der Waals surface area contributed by atoms with E-state index in [9.17, 15) is 14.7 Å². The molecule has 0 fully saturated rings. The van der Waals surface area contributed by atoms with Crippen LogP contribution in [0.1, 0.15) is 43.0 Å². The van der Waals surface area contributed by atoms with Gasteiger partial charge in [0.2, 0.25) is 0 Å². The van der Waals surface area contributed by atoms with Crippen LogP contribution in [0.5, 0.6) is 11.5 Å². The van der Waals surface area contributed by atoms with Crippen LogP contribution < -0.4 is 9.47 Å². The first kappa shape index (κ1) is 27.2. The molecule has 0 aliphatic heterocycles. The van der Waals surface area contributed by atoms with Gasteiger partial charge in [-0.25, -0.2) is 9.59 Å². The lowest BCUT2D eigenvalue weighted by atomic mass is 10.1. The van der Waals surface area contributed by atoms with Gasteiger partial charge in [0, 0.05) is 19.6 Å². The fourth-order valence-corrected chi connectivity index (χ4v) is 3.53. The number of carboxylic acid groups (broad SMARTS) is 1. The first-order chi connectivity index (χ1) is 16.1. The number of ether oxygens (including phenoxy) is 3. The molecule has 7 nitrogen and oxygen atoms in total. The first-order valence-electron chi connectivity index (χ1n) is 11.7. The second kappa shape index (κ2) is 13.0. The smallest absolute Gasteiger partial charge is 0.415 e. The Labute approximate surface area is 202 Å². The normalized spacial score (nSPS) is 11.9. The third kappa shape index (κ3) is 8.37. The molecule has 0 spiro atoms. The van der Waals surface area contributed by atoms with Crippen LogP contribution in [-0.2, 0) is 16.0 Å². The minimum atomic E-state index is -0.977. The van der Waals surface area contributed by atoms with Crippen molar-refractivity contribution < 1.29 is 28.9 Å². The Balaban J connectivity index is 1.95. The lowest BCUT2D eigenvalue weighted by molar-refractivity contribution is -0.149. The van der Waals surface area contributed by atoms with Gasteiger partial charge < -0.3 is 24.2 Å². The summed E-state index contributed by atoms with van der Waals surface area (Å²) in [6, 6.07) is 11.2. The van der Waals surface area contributed by atoms with Crippen LogP contribution in [0.2, 0.25) is 0 Å². The van der Waals surface area contributed by atoms with E-state index in [0.29, 0.717) is 37.8 Å². The average Bonchev–Trinajstić information content (AvgIpc) is 2.77. The summed E-state index contributed by atoms with van der Waals surface area (Å²) in [5.74, 6) is 0.524. The monoisotopic (exact) mass is 471 g/mol. The van der Waals surface area contributed by atoms with E-state index in [1.807, 2.05) is 58.9 Å². The van der Waals surface area contributed by atoms with Gasteiger partial charge in [-0.1, -0.05) is 32.0 Å². The molecule has 0 saturated heterocycles. The number of benzene rings is 2. The van der Waals surface area contributed by atoms with E-state index < -0.39 is 18.2 Å². The van der Waals surface area contributed by atoms with Crippen molar-refractivity contribution in [2.24, 2.45) is 5.92 Å². The van der Waals surface area contributed by atoms with E-state index in [2.05, 4.69) is 0 Å². The maximum absolute atomic E-state index is 12.9. The maximum atomic E-state index is 12.9. The number of hydrogen-bond acceptors (Lipinski definition) is 5. The van der Waals surface area contributed by atoms with Crippen LogP contribution in [0.3, 0.4) is 0 Å². The van der Waals surface area contributed by atoms with E-state index in [-0.39, 0.29) is 12.3 Å². The molecular weight excluding hydrogens is 434 g/mol. The van der Waals surface area contributed by atoms with Crippen LogP contribution in [0.4, 0.5) is 4.79 Å². The number of carbonyl (C=O) groups excluding carboxylic acids is 1. The molecule has 1 unspecified atom stereocenters. The minimum Gasteiger partial charge on any atom is -0.492 e. The second-order valence-corrected chi connectivity index (χ2v) is 8.89. The summed E-state index contributed by atoms with van der Waals surface area (Å²) in [6.07, 6.45) is -0.974. The predicted octanol–water partition coefficient (Wildman–Crippen LogP) is 5.18. The van der Waals surface area contributed by atoms with Crippen LogP contribution in [0, 0.1) is 26.7 Å². The van der Waals surface area contributed by atoms with Gasteiger partial charge in [-0.05, 0) is 74.1 Å². The number of hydrogen-bond donors (Lipinski definition) is 1.